The fraction of sp³-hybridized carbons (Fsp3) is 0.364. The molecule has 0 N–H and O–H groups in total. The molecular weight excluding hydrogens is 285 g/mol. The van der Waals surface area contributed by atoms with Crippen LogP contribution in [0.2, 0.25) is 0 Å². The number of hydrogen-bond acceptors (Lipinski definition) is 1. The van der Waals surface area contributed by atoms with Crippen LogP contribution in [0.5, 0.6) is 0 Å². The molecule has 0 aliphatic rings. The lowest BCUT2D eigenvalue weighted by Gasteiger charge is -2.09. The normalized spacial score (nSPS) is 12.6. The summed E-state index contributed by atoms with van der Waals surface area (Å²) >= 11 is 3.08. The fourth-order valence-corrected chi connectivity index (χ4v) is 1.92. The molecular formula is C11H10BrF3O. The Morgan fingerprint density at radius 1 is 1.31 bits per heavy atom. The Bertz CT molecular complexity index is 406. The van der Waals surface area contributed by atoms with Gasteiger partial charge in [-0.2, -0.15) is 0 Å². The zero-order valence-corrected chi connectivity index (χ0v) is 10.2. The van der Waals surface area contributed by atoms with Gasteiger partial charge in [-0.25, -0.2) is 13.2 Å². The molecule has 16 heavy (non-hydrogen) atoms. The molecule has 0 radical (unpaired) electrons. The summed E-state index contributed by atoms with van der Waals surface area (Å²) in [6.07, 6.45) is 0.316. The van der Waals surface area contributed by atoms with Crippen LogP contribution < -0.4 is 0 Å². The Hall–Kier alpha value is -0.840. The third kappa shape index (κ3) is 2.84. The van der Waals surface area contributed by atoms with Gasteiger partial charge in [-0.05, 0) is 18.1 Å². The van der Waals surface area contributed by atoms with E-state index in [-0.39, 0.29) is 17.8 Å². The molecule has 0 spiro atoms. The molecule has 1 unspecified atom stereocenters. The Balaban J connectivity index is 2.90. The van der Waals surface area contributed by atoms with E-state index in [1.54, 1.807) is 6.92 Å². The molecule has 5 heteroatoms. The van der Waals surface area contributed by atoms with Gasteiger partial charge in [0, 0.05) is 6.42 Å². The van der Waals surface area contributed by atoms with Gasteiger partial charge in [0.05, 0.1) is 4.83 Å². The van der Waals surface area contributed by atoms with E-state index in [9.17, 15) is 18.0 Å². The molecule has 0 heterocycles. The molecule has 0 fully saturated rings. The molecule has 0 aliphatic heterocycles. The Morgan fingerprint density at radius 3 is 2.50 bits per heavy atom. The number of ketones is 1. The van der Waals surface area contributed by atoms with Crippen molar-refractivity contribution >= 4 is 21.7 Å². The molecule has 0 aliphatic carbocycles. The average molecular weight is 295 g/mol. The average Bonchev–Trinajstić information content (AvgIpc) is 2.28. The summed E-state index contributed by atoms with van der Waals surface area (Å²) in [7, 11) is 0. The lowest BCUT2D eigenvalue weighted by Crippen LogP contribution is -2.16. The van der Waals surface area contributed by atoms with Gasteiger partial charge in [-0.3, -0.25) is 4.79 Å². The van der Waals surface area contributed by atoms with Gasteiger partial charge in [0.25, 0.3) is 0 Å². The maximum Gasteiger partial charge on any atom is 0.194 e. The van der Waals surface area contributed by atoms with Gasteiger partial charge < -0.3 is 0 Å². The molecule has 0 saturated heterocycles. The van der Waals surface area contributed by atoms with Crippen LogP contribution in [0.4, 0.5) is 13.2 Å². The van der Waals surface area contributed by atoms with E-state index in [4.69, 9.17) is 0 Å². The SMILES string of the molecule is CCC(=O)C(Br)Cc1ccc(F)c(F)c1F. The van der Waals surface area contributed by atoms with Crippen LogP contribution in [0.1, 0.15) is 18.9 Å². The van der Waals surface area contributed by atoms with E-state index in [0.29, 0.717) is 6.42 Å². The summed E-state index contributed by atoms with van der Waals surface area (Å²) in [5.74, 6) is -4.06. The molecule has 0 bridgehead atoms. The second-order valence-electron chi connectivity index (χ2n) is 3.33. The van der Waals surface area contributed by atoms with E-state index in [2.05, 4.69) is 15.9 Å². The molecule has 0 saturated carbocycles. The first-order valence-electron chi connectivity index (χ1n) is 4.76. The predicted octanol–water partition coefficient (Wildman–Crippen LogP) is 3.39. The van der Waals surface area contributed by atoms with Crippen molar-refractivity contribution in [2.75, 3.05) is 0 Å². The van der Waals surface area contributed by atoms with E-state index < -0.39 is 22.3 Å². The number of carbonyl (C=O) groups is 1. The van der Waals surface area contributed by atoms with Crippen LogP contribution in [0.15, 0.2) is 12.1 Å². The first-order valence-corrected chi connectivity index (χ1v) is 5.68. The number of halogens is 4. The summed E-state index contributed by atoms with van der Waals surface area (Å²) in [6.45, 7) is 1.68. The molecule has 0 amide bonds. The minimum Gasteiger partial charge on any atom is -0.298 e. The molecule has 1 nitrogen and oxygen atoms in total. The van der Waals surface area contributed by atoms with Crippen molar-refractivity contribution in [1.82, 2.24) is 0 Å². The van der Waals surface area contributed by atoms with E-state index >= 15 is 0 Å². The van der Waals surface area contributed by atoms with Gasteiger partial charge >= 0.3 is 0 Å². The van der Waals surface area contributed by atoms with Crippen molar-refractivity contribution in [1.29, 1.82) is 0 Å². The molecule has 1 aromatic rings. The molecule has 88 valence electrons. The number of Topliss-reactive ketones (excluding diaryl/α,β-unsaturated/α-hetero) is 1. The fourth-order valence-electron chi connectivity index (χ4n) is 1.25. The molecule has 1 aromatic carbocycles. The zero-order chi connectivity index (χ0) is 12.3. The first kappa shape index (κ1) is 13.2. The van der Waals surface area contributed by atoms with Crippen molar-refractivity contribution < 1.29 is 18.0 Å². The second kappa shape index (κ2) is 5.48. The largest absolute Gasteiger partial charge is 0.298 e. The molecule has 0 aromatic heterocycles. The maximum atomic E-state index is 13.2. The number of hydrogen-bond donors (Lipinski definition) is 0. The number of carbonyl (C=O) groups excluding carboxylic acids is 1. The Kier molecular flexibility index (Phi) is 4.53. The quantitative estimate of drug-likeness (QED) is 0.614. The summed E-state index contributed by atoms with van der Waals surface area (Å²) in [5.41, 5.74) is -0.0115. The van der Waals surface area contributed by atoms with Crippen molar-refractivity contribution in [3.8, 4) is 0 Å². The van der Waals surface area contributed by atoms with Gasteiger partial charge in [0.2, 0.25) is 0 Å². The molecule has 1 atom stereocenters. The second-order valence-corrected chi connectivity index (χ2v) is 4.43. The van der Waals surface area contributed by atoms with Crippen molar-refractivity contribution in [3.05, 3.63) is 35.1 Å². The zero-order valence-electron chi connectivity index (χ0n) is 8.57. The summed E-state index contributed by atoms with van der Waals surface area (Å²) < 4.78 is 38.7. The van der Waals surface area contributed by atoms with Gasteiger partial charge in [0.1, 0.15) is 5.78 Å². The minimum atomic E-state index is -1.50. The maximum absolute atomic E-state index is 13.2. The highest BCUT2D eigenvalue weighted by atomic mass is 79.9. The summed E-state index contributed by atoms with van der Waals surface area (Å²) in [6, 6.07) is 1.99. The van der Waals surface area contributed by atoms with Crippen LogP contribution in [0.25, 0.3) is 0 Å². The van der Waals surface area contributed by atoms with Crippen LogP contribution in [-0.2, 0) is 11.2 Å². The lowest BCUT2D eigenvalue weighted by molar-refractivity contribution is -0.118. The topological polar surface area (TPSA) is 17.1 Å². The van der Waals surface area contributed by atoms with E-state index in [0.717, 1.165) is 12.1 Å². The van der Waals surface area contributed by atoms with Crippen LogP contribution in [-0.4, -0.2) is 10.6 Å². The van der Waals surface area contributed by atoms with E-state index in [1.807, 2.05) is 0 Å². The highest BCUT2D eigenvalue weighted by molar-refractivity contribution is 9.10. The summed E-state index contributed by atoms with van der Waals surface area (Å²) in [4.78, 5) is 10.7. The Morgan fingerprint density at radius 2 is 1.94 bits per heavy atom. The Labute approximate surface area is 99.8 Å². The van der Waals surface area contributed by atoms with E-state index in [1.165, 1.54) is 0 Å². The van der Waals surface area contributed by atoms with Crippen molar-refractivity contribution in [2.45, 2.75) is 24.6 Å². The highest BCUT2D eigenvalue weighted by Crippen LogP contribution is 2.19. The van der Waals surface area contributed by atoms with Crippen molar-refractivity contribution in [3.63, 3.8) is 0 Å². The summed E-state index contributed by atoms with van der Waals surface area (Å²) in [5, 5.41) is 0. The minimum absolute atomic E-state index is 0.00963. The van der Waals surface area contributed by atoms with Crippen LogP contribution in [0.3, 0.4) is 0 Å². The number of benzene rings is 1. The smallest absolute Gasteiger partial charge is 0.194 e. The lowest BCUT2D eigenvalue weighted by atomic mass is 10.1. The first-order chi connectivity index (χ1) is 7.47. The van der Waals surface area contributed by atoms with Crippen LogP contribution >= 0.6 is 15.9 Å². The molecule has 1 rings (SSSR count). The number of rotatable bonds is 4. The standard InChI is InChI=1S/C11H10BrF3O/c1-2-9(16)7(12)5-6-3-4-8(13)11(15)10(6)14/h3-4,7H,2,5H2,1H3. The van der Waals surface area contributed by atoms with Gasteiger partial charge in [0.15, 0.2) is 17.5 Å². The number of alkyl halides is 1. The third-order valence-corrected chi connectivity index (χ3v) is 3.05. The van der Waals surface area contributed by atoms with Crippen LogP contribution in [0, 0.1) is 17.5 Å². The van der Waals surface area contributed by atoms with Crippen molar-refractivity contribution in [2.24, 2.45) is 0 Å². The highest BCUT2D eigenvalue weighted by Gasteiger charge is 2.19. The van der Waals surface area contributed by atoms with Gasteiger partial charge in [-0.15, -0.1) is 0 Å². The van der Waals surface area contributed by atoms with Gasteiger partial charge in [-0.1, -0.05) is 28.9 Å². The third-order valence-electron chi connectivity index (χ3n) is 2.21. The monoisotopic (exact) mass is 294 g/mol. The predicted molar refractivity (Wildman–Crippen MR) is 58.0 cm³/mol.